The van der Waals surface area contributed by atoms with Crippen molar-refractivity contribution in [2.75, 3.05) is 14.2 Å². The zero-order valence-corrected chi connectivity index (χ0v) is 18.9. The first-order chi connectivity index (χ1) is 16.4. The summed E-state index contributed by atoms with van der Waals surface area (Å²) < 4.78 is 11.8. The standard InChI is InChI=1S/C26H23N3O5/c1-16-8-10-17(11-9-16)24(30)28-27-15-21-19-6-4-5-7-20(19)25(31)29(26(21)32)18-12-13-22(33-2)23(14-18)34-3/h4-15,32H,1-3H3,(H,28,30)/b27-15-. The van der Waals surface area contributed by atoms with Crippen molar-refractivity contribution < 1.29 is 19.4 Å². The third-order valence-corrected chi connectivity index (χ3v) is 5.40. The lowest BCUT2D eigenvalue weighted by Crippen LogP contribution is -2.21. The molecule has 0 aliphatic rings. The summed E-state index contributed by atoms with van der Waals surface area (Å²) >= 11 is 0. The Kier molecular flexibility index (Phi) is 6.31. The number of ether oxygens (including phenoxy) is 2. The molecule has 3 aromatic carbocycles. The number of nitrogens with zero attached hydrogens (tertiary/aromatic N) is 2. The van der Waals surface area contributed by atoms with Crippen molar-refractivity contribution >= 4 is 22.9 Å². The van der Waals surface area contributed by atoms with Gasteiger partial charge in [-0.15, -0.1) is 0 Å². The molecule has 0 bridgehead atoms. The van der Waals surface area contributed by atoms with Gasteiger partial charge in [0.25, 0.3) is 11.5 Å². The SMILES string of the molecule is COc1ccc(-n2c(O)c(/C=N\NC(=O)c3ccc(C)cc3)c3ccccc3c2=O)cc1OC. The minimum absolute atomic E-state index is 0.272. The van der Waals surface area contributed by atoms with Crippen molar-refractivity contribution in [1.29, 1.82) is 0 Å². The van der Waals surface area contributed by atoms with Crippen LogP contribution in [0.1, 0.15) is 21.5 Å². The molecule has 172 valence electrons. The molecule has 0 aliphatic carbocycles. The molecule has 1 aromatic heterocycles. The number of benzene rings is 3. The molecule has 34 heavy (non-hydrogen) atoms. The molecule has 8 heteroatoms. The average molecular weight is 457 g/mol. The number of nitrogens with one attached hydrogen (secondary N) is 1. The van der Waals surface area contributed by atoms with E-state index in [0.717, 1.165) is 10.1 Å². The zero-order chi connectivity index (χ0) is 24.2. The second-order valence-corrected chi connectivity index (χ2v) is 7.53. The highest BCUT2D eigenvalue weighted by atomic mass is 16.5. The number of carbonyl (C=O) groups is 1. The Labute approximate surface area is 195 Å². The number of pyridine rings is 1. The molecule has 0 fully saturated rings. The number of aromatic nitrogens is 1. The van der Waals surface area contributed by atoms with Crippen LogP contribution in [-0.2, 0) is 0 Å². The molecule has 0 atom stereocenters. The summed E-state index contributed by atoms with van der Waals surface area (Å²) in [7, 11) is 3.00. The molecular weight excluding hydrogens is 434 g/mol. The van der Waals surface area contributed by atoms with Crippen LogP contribution in [0.2, 0.25) is 0 Å². The fourth-order valence-corrected chi connectivity index (χ4v) is 3.62. The van der Waals surface area contributed by atoms with Crippen LogP contribution >= 0.6 is 0 Å². The number of amides is 1. The quantitative estimate of drug-likeness (QED) is 0.339. The van der Waals surface area contributed by atoms with Crippen LogP contribution in [0.25, 0.3) is 16.5 Å². The van der Waals surface area contributed by atoms with Crippen LogP contribution in [0, 0.1) is 6.92 Å². The van der Waals surface area contributed by atoms with E-state index >= 15 is 0 Å². The minimum Gasteiger partial charge on any atom is -0.494 e. The van der Waals surface area contributed by atoms with E-state index in [4.69, 9.17) is 9.47 Å². The molecular formula is C26H23N3O5. The van der Waals surface area contributed by atoms with Gasteiger partial charge in [0.2, 0.25) is 5.88 Å². The summed E-state index contributed by atoms with van der Waals surface area (Å²) in [5.74, 6) is 0.165. The third kappa shape index (κ3) is 4.21. The maximum absolute atomic E-state index is 13.3. The van der Waals surface area contributed by atoms with E-state index < -0.39 is 11.5 Å². The molecule has 0 aliphatic heterocycles. The van der Waals surface area contributed by atoms with Gasteiger partial charge < -0.3 is 14.6 Å². The summed E-state index contributed by atoms with van der Waals surface area (Å²) in [5, 5.41) is 16.0. The van der Waals surface area contributed by atoms with Gasteiger partial charge in [-0.3, -0.25) is 9.59 Å². The van der Waals surface area contributed by atoms with Gasteiger partial charge in [-0.2, -0.15) is 5.10 Å². The van der Waals surface area contributed by atoms with E-state index in [2.05, 4.69) is 10.5 Å². The highest BCUT2D eigenvalue weighted by Gasteiger charge is 2.18. The fraction of sp³-hybridized carbons (Fsp3) is 0.115. The van der Waals surface area contributed by atoms with Crippen molar-refractivity contribution in [2.45, 2.75) is 6.92 Å². The Balaban J connectivity index is 1.80. The molecule has 0 saturated carbocycles. The normalized spacial score (nSPS) is 11.0. The van der Waals surface area contributed by atoms with E-state index in [1.165, 1.54) is 20.4 Å². The van der Waals surface area contributed by atoms with Crippen LogP contribution in [0.3, 0.4) is 0 Å². The number of hydrazone groups is 1. The molecule has 0 unspecified atom stereocenters. The topological polar surface area (TPSA) is 102 Å². The second kappa shape index (κ2) is 9.50. The number of fused-ring (bicyclic) bond motifs is 1. The maximum Gasteiger partial charge on any atom is 0.271 e. The van der Waals surface area contributed by atoms with Crippen LogP contribution < -0.4 is 20.5 Å². The van der Waals surface area contributed by atoms with E-state index in [0.29, 0.717) is 33.5 Å². The average Bonchev–Trinajstić information content (AvgIpc) is 2.86. The Bertz CT molecular complexity index is 1460. The molecule has 8 nitrogen and oxygen atoms in total. The van der Waals surface area contributed by atoms with Gasteiger partial charge in [0.05, 0.1) is 31.7 Å². The van der Waals surface area contributed by atoms with E-state index in [9.17, 15) is 14.7 Å². The Hall–Kier alpha value is -4.59. The van der Waals surface area contributed by atoms with E-state index in [1.807, 2.05) is 19.1 Å². The first-order valence-electron chi connectivity index (χ1n) is 10.4. The molecule has 0 spiro atoms. The molecule has 2 N–H and O–H groups in total. The Morgan fingerprint density at radius 3 is 2.32 bits per heavy atom. The van der Waals surface area contributed by atoms with E-state index in [1.54, 1.807) is 54.6 Å². The Morgan fingerprint density at radius 1 is 0.971 bits per heavy atom. The fourth-order valence-electron chi connectivity index (χ4n) is 3.62. The van der Waals surface area contributed by atoms with Crippen LogP contribution in [0.4, 0.5) is 0 Å². The Morgan fingerprint density at radius 2 is 1.65 bits per heavy atom. The molecule has 0 radical (unpaired) electrons. The number of carbonyl (C=O) groups excluding carboxylic acids is 1. The van der Waals surface area contributed by atoms with Gasteiger partial charge >= 0.3 is 0 Å². The van der Waals surface area contributed by atoms with Gasteiger partial charge in [0, 0.05) is 22.4 Å². The zero-order valence-electron chi connectivity index (χ0n) is 18.9. The number of aryl methyl sites for hydroxylation is 1. The lowest BCUT2D eigenvalue weighted by molar-refractivity contribution is 0.0955. The number of rotatable bonds is 6. The second-order valence-electron chi connectivity index (χ2n) is 7.53. The lowest BCUT2D eigenvalue weighted by atomic mass is 10.1. The molecule has 4 rings (SSSR count). The number of hydrogen-bond acceptors (Lipinski definition) is 6. The number of methoxy groups -OCH3 is 2. The lowest BCUT2D eigenvalue weighted by Gasteiger charge is -2.15. The minimum atomic E-state index is -0.416. The largest absolute Gasteiger partial charge is 0.494 e. The highest BCUT2D eigenvalue weighted by Crippen LogP contribution is 2.32. The molecule has 1 heterocycles. The van der Waals surface area contributed by atoms with Gasteiger partial charge in [-0.25, -0.2) is 9.99 Å². The van der Waals surface area contributed by atoms with Crippen molar-refractivity contribution in [3.05, 3.63) is 93.8 Å². The molecule has 4 aromatic rings. The molecule has 1 amide bonds. The summed E-state index contributed by atoms with van der Waals surface area (Å²) in [4.78, 5) is 25.7. The summed E-state index contributed by atoms with van der Waals surface area (Å²) in [6.07, 6.45) is 1.32. The predicted octanol–water partition coefficient (Wildman–Crippen LogP) is 3.79. The highest BCUT2D eigenvalue weighted by molar-refractivity contribution is 6.02. The summed E-state index contributed by atoms with van der Waals surface area (Å²) in [6, 6.07) is 18.8. The van der Waals surface area contributed by atoms with E-state index in [-0.39, 0.29) is 11.4 Å². The third-order valence-electron chi connectivity index (χ3n) is 5.40. The van der Waals surface area contributed by atoms with Crippen LogP contribution in [-0.4, -0.2) is 36.0 Å². The molecule has 0 saturated heterocycles. The predicted molar refractivity (Wildman–Crippen MR) is 131 cm³/mol. The van der Waals surface area contributed by atoms with Crippen molar-refractivity contribution in [1.82, 2.24) is 9.99 Å². The number of hydrogen-bond donors (Lipinski definition) is 2. The van der Waals surface area contributed by atoms with Crippen molar-refractivity contribution in [3.63, 3.8) is 0 Å². The summed E-state index contributed by atoms with van der Waals surface area (Å²) in [5.41, 5.74) is 4.18. The van der Waals surface area contributed by atoms with Crippen LogP contribution in [0.5, 0.6) is 17.4 Å². The van der Waals surface area contributed by atoms with Gasteiger partial charge in [-0.05, 0) is 37.3 Å². The monoisotopic (exact) mass is 457 g/mol. The van der Waals surface area contributed by atoms with Crippen molar-refractivity contribution in [2.24, 2.45) is 5.10 Å². The van der Waals surface area contributed by atoms with Crippen molar-refractivity contribution in [3.8, 4) is 23.1 Å². The van der Waals surface area contributed by atoms with Crippen LogP contribution in [0.15, 0.2) is 76.6 Å². The van der Waals surface area contributed by atoms with Gasteiger partial charge in [-0.1, -0.05) is 35.9 Å². The van der Waals surface area contributed by atoms with Gasteiger partial charge in [0.15, 0.2) is 11.5 Å². The summed E-state index contributed by atoms with van der Waals surface area (Å²) in [6.45, 7) is 1.93. The first kappa shape index (κ1) is 22.6. The smallest absolute Gasteiger partial charge is 0.271 e. The number of aromatic hydroxyl groups is 1. The van der Waals surface area contributed by atoms with Gasteiger partial charge in [0.1, 0.15) is 0 Å². The maximum atomic E-state index is 13.3. The first-order valence-corrected chi connectivity index (χ1v) is 10.4.